The molecule has 0 unspecified atom stereocenters. The molecule has 0 aliphatic rings. The topological polar surface area (TPSA) is 38.3 Å². The maximum absolute atomic E-state index is 11.9. The van der Waals surface area contributed by atoms with Crippen molar-refractivity contribution in [2.45, 2.75) is 33.1 Å². The highest BCUT2D eigenvalue weighted by atomic mass is 16.5. The number of allylic oxidation sites excluding steroid dienone is 2. The molecule has 0 aliphatic heterocycles. The van der Waals surface area contributed by atoms with Crippen LogP contribution < -0.4 is 5.32 Å². The van der Waals surface area contributed by atoms with E-state index in [1.807, 2.05) is 37.3 Å². The summed E-state index contributed by atoms with van der Waals surface area (Å²) in [5.74, 6) is -0.355. The van der Waals surface area contributed by atoms with Gasteiger partial charge in [0.05, 0.1) is 18.4 Å². The molecular formula is C17H23NO2. The van der Waals surface area contributed by atoms with E-state index in [0.717, 1.165) is 11.3 Å². The van der Waals surface area contributed by atoms with Gasteiger partial charge in [0.25, 0.3) is 0 Å². The van der Waals surface area contributed by atoms with E-state index in [1.165, 1.54) is 7.11 Å². The number of ether oxygens (including phenoxy) is 1. The Morgan fingerprint density at radius 1 is 1.35 bits per heavy atom. The van der Waals surface area contributed by atoms with Crippen molar-refractivity contribution >= 4 is 11.7 Å². The number of methoxy groups -OCH3 is 1. The highest BCUT2D eigenvalue weighted by Crippen LogP contribution is 2.28. The van der Waals surface area contributed by atoms with Crippen molar-refractivity contribution in [1.29, 1.82) is 0 Å². The number of carbonyl (C=O) groups is 1. The molecule has 0 fully saturated rings. The molecule has 0 amide bonds. The van der Waals surface area contributed by atoms with Gasteiger partial charge in [0.15, 0.2) is 0 Å². The van der Waals surface area contributed by atoms with Crippen LogP contribution in [0.2, 0.25) is 0 Å². The van der Waals surface area contributed by atoms with Crippen molar-refractivity contribution in [2.75, 3.05) is 12.4 Å². The number of benzene rings is 1. The summed E-state index contributed by atoms with van der Waals surface area (Å²) in [6.07, 6.45) is 3.73. The van der Waals surface area contributed by atoms with Crippen LogP contribution in [0.25, 0.3) is 0 Å². The Morgan fingerprint density at radius 2 is 2.00 bits per heavy atom. The fraction of sp³-hybridized carbons (Fsp3) is 0.353. The summed E-state index contributed by atoms with van der Waals surface area (Å²) in [7, 11) is 1.39. The summed E-state index contributed by atoms with van der Waals surface area (Å²) in [6, 6.07) is 5.77. The van der Waals surface area contributed by atoms with E-state index in [1.54, 1.807) is 0 Å². The number of anilines is 1. The van der Waals surface area contributed by atoms with Crippen LogP contribution in [0.1, 0.15) is 43.6 Å². The molecule has 1 aromatic rings. The van der Waals surface area contributed by atoms with Crippen LogP contribution in [0.5, 0.6) is 0 Å². The van der Waals surface area contributed by atoms with E-state index in [0.29, 0.717) is 11.3 Å². The molecule has 0 atom stereocenters. The largest absolute Gasteiger partial charge is 0.465 e. The highest BCUT2D eigenvalue weighted by Gasteiger charge is 2.19. The van der Waals surface area contributed by atoms with Crippen LogP contribution in [0.3, 0.4) is 0 Å². The standard InChI is InChI=1S/C17H23NO2/c1-7-8-12(2)18-15-10-9-13(17(3,4)5)11-14(15)16(19)20-6/h7-11,18H,2H2,1,3-6H3/b8-7-. The van der Waals surface area contributed by atoms with E-state index < -0.39 is 0 Å². The maximum atomic E-state index is 11.9. The fourth-order valence-electron chi connectivity index (χ4n) is 1.81. The second-order valence-corrected chi connectivity index (χ2v) is 5.65. The van der Waals surface area contributed by atoms with Crippen molar-refractivity contribution in [3.8, 4) is 0 Å². The third kappa shape index (κ3) is 3.98. The lowest BCUT2D eigenvalue weighted by Crippen LogP contribution is -2.14. The average molecular weight is 273 g/mol. The fourth-order valence-corrected chi connectivity index (χ4v) is 1.81. The molecule has 0 radical (unpaired) electrons. The minimum Gasteiger partial charge on any atom is -0.465 e. The lowest BCUT2D eigenvalue weighted by Gasteiger charge is -2.21. The van der Waals surface area contributed by atoms with Crippen molar-refractivity contribution in [3.05, 3.63) is 53.8 Å². The Kier molecular flexibility index (Phi) is 5.14. The number of carbonyl (C=O) groups excluding carboxylic acids is 1. The Balaban J connectivity index is 3.24. The van der Waals surface area contributed by atoms with Gasteiger partial charge in [0.2, 0.25) is 0 Å². The zero-order chi connectivity index (χ0) is 15.3. The Bertz CT molecular complexity index is 536. The van der Waals surface area contributed by atoms with Gasteiger partial charge in [-0.1, -0.05) is 39.5 Å². The average Bonchev–Trinajstić information content (AvgIpc) is 2.37. The normalized spacial score (nSPS) is 11.4. The lowest BCUT2D eigenvalue weighted by molar-refractivity contribution is 0.0601. The van der Waals surface area contributed by atoms with Gasteiger partial charge in [-0.25, -0.2) is 4.79 Å². The number of hydrogen-bond acceptors (Lipinski definition) is 3. The zero-order valence-corrected chi connectivity index (χ0v) is 12.9. The summed E-state index contributed by atoms with van der Waals surface area (Å²) >= 11 is 0. The van der Waals surface area contributed by atoms with Crippen LogP contribution in [0.4, 0.5) is 5.69 Å². The molecule has 1 N–H and O–H groups in total. The second-order valence-electron chi connectivity index (χ2n) is 5.65. The minimum absolute atomic E-state index is 0.0262. The van der Waals surface area contributed by atoms with Gasteiger partial charge in [-0.15, -0.1) is 0 Å². The predicted octanol–water partition coefficient (Wildman–Crippen LogP) is 4.27. The number of esters is 1. The molecule has 1 aromatic carbocycles. The Morgan fingerprint density at radius 3 is 2.50 bits per heavy atom. The Labute approximate surface area is 121 Å². The van der Waals surface area contributed by atoms with Gasteiger partial charge in [-0.05, 0) is 36.1 Å². The molecule has 0 bridgehead atoms. The van der Waals surface area contributed by atoms with Crippen LogP contribution in [-0.4, -0.2) is 13.1 Å². The summed E-state index contributed by atoms with van der Waals surface area (Å²) in [5.41, 5.74) is 3.00. The molecule has 0 saturated carbocycles. The smallest absolute Gasteiger partial charge is 0.339 e. The first-order valence-corrected chi connectivity index (χ1v) is 6.61. The van der Waals surface area contributed by atoms with Crippen LogP contribution in [-0.2, 0) is 10.2 Å². The van der Waals surface area contributed by atoms with Gasteiger partial charge >= 0.3 is 5.97 Å². The Hall–Kier alpha value is -2.03. The summed E-state index contributed by atoms with van der Waals surface area (Å²) in [5, 5.41) is 3.12. The monoisotopic (exact) mass is 273 g/mol. The molecule has 0 aliphatic carbocycles. The van der Waals surface area contributed by atoms with Gasteiger partial charge in [-0.2, -0.15) is 0 Å². The van der Waals surface area contributed by atoms with E-state index >= 15 is 0 Å². The van der Waals surface area contributed by atoms with Crippen molar-refractivity contribution in [3.63, 3.8) is 0 Å². The minimum atomic E-state index is -0.355. The molecule has 3 heteroatoms. The van der Waals surface area contributed by atoms with Crippen LogP contribution >= 0.6 is 0 Å². The van der Waals surface area contributed by atoms with E-state index in [-0.39, 0.29) is 11.4 Å². The first kappa shape index (κ1) is 16.0. The molecule has 0 saturated heterocycles. The van der Waals surface area contributed by atoms with Gasteiger partial charge in [0, 0.05) is 5.70 Å². The number of rotatable bonds is 4. The van der Waals surface area contributed by atoms with E-state index in [9.17, 15) is 4.79 Å². The summed E-state index contributed by atoms with van der Waals surface area (Å²) in [6.45, 7) is 12.1. The third-order valence-corrected chi connectivity index (χ3v) is 2.95. The van der Waals surface area contributed by atoms with Gasteiger partial charge in [-0.3, -0.25) is 0 Å². The number of nitrogens with one attached hydrogen (secondary N) is 1. The molecule has 0 spiro atoms. The number of hydrogen-bond donors (Lipinski definition) is 1. The van der Waals surface area contributed by atoms with Crippen molar-refractivity contribution < 1.29 is 9.53 Å². The summed E-state index contributed by atoms with van der Waals surface area (Å²) < 4.78 is 4.86. The molecule has 108 valence electrons. The molecule has 0 aromatic heterocycles. The third-order valence-electron chi connectivity index (χ3n) is 2.95. The first-order valence-electron chi connectivity index (χ1n) is 6.61. The lowest BCUT2D eigenvalue weighted by atomic mass is 9.86. The highest BCUT2D eigenvalue weighted by molar-refractivity contribution is 5.96. The van der Waals surface area contributed by atoms with E-state index in [2.05, 4.69) is 32.7 Å². The van der Waals surface area contributed by atoms with Gasteiger partial charge in [0.1, 0.15) is 0 Å². The van der Waals surface area contributed by atoms with Gasteiger partial charge < -0.3 is 10.1 Å². The summed E-state index contributed by atoms with van der Waals surface area (Å²) in [4.78, 5) is 11.9. The maximum Gasteiger partial charge on any atom is 0.339 e. The SMILES string of the molecule is C=C(/C=C\C)Nc1ccc(C(C)(C)C)cc1C(=O)OC. The molecule has 3 nitrogen and oxygen atoms in total. The van der Waals surface area contributed by atoms with Crippen molar-refractivity contribution in [2.24, 2.45) is 0 Å². The molecule has 1 rings (SSSR count). The van der Waals surface area contributed by atoms with Crippen LogP contribution in [0.15, 0.2) is 42.6 Å². The molecular weight excluding hydrogens is 250 g/mol. The van der Waals surface area contributed by atoms with Crippen LogP contribution in [0, 0.1) is 0 Å². The predicted molar refractivity (Wildman–Crippen MR) is 84.1 cm³/mol. The molecule has 0 heterocycles. The second kappa shape index (κ2) is 6.42. The zero-order valence-electron chi connectivity index (χ0n) is 12.9. The first-order chi connectivity index (χ1) is 9.29. The van der Waals surface area contributed by atoms with E-state index in [4.69, 9.17) is 4.74 Å². The quantitative estimate of drug-likeness (QED) is 0.657. The van der Waals surface area contributed by atoms with Crippen molar-refractivity contribution in [1.82, 2.24) is 0 Å². The molecule has 20 heavy (non-hydrogen) atoms.